The maximum atomic E-state index is 13.4. The van der Waals surface area contributed by atoms with E-state index < -0.39 is 17.2 Å². The summed E-state index contributed by atoms with van der Waals surface area (Å²) >= 11 is 12.1. The van der Waals surface area contributed by atoms with Crippen LogP contribution in [0.1, 0.15) is 35.9 Å². The molecule has 0 unspecified atom stereocenters. The predicted molar refractivity (Wildman–Crippen MR) is 116 cm³/mol. The number of benzene rings is 1. The summed E-state index contributed by atoms with van der Waals surface area (Å²) in [6, 6.07) is 7.67. The number of anilines is 2. The van der Waals surface area contributed by atoms with Gasteiger partial charge >= 0.3 is 5.69 Å². The first-order valence-electron chi connectivity index (χ1n) is 9.24. The second-order valence-corrected chi connectivity index (χ2v) is 7.50. The van der Waals surface area contributed by atoms with Crippen molar-refractivity contribution in [1.29, 1.82) is 0 Å². The first-order valence-corrected chi connectivity index (χ1v) is 10.00. The van der Waals surface area contributed by atoms with E-state index in [4.69, 9.17) is 33.4 Å². The summed E-state index contributed by atoms with van der Waals surface area (Å²) in [4.78, 5) is 41.7. The Morgan fingerprint density at radius 2 is 1.93 bits per heavy atom. The summed E-state index contributed by atoms with van der Waals surface area (Å²) in [6.07, 6.45) is 2.94. The number of halogens is 2. The lowest BCUT2D eigenvalue weighted by molar-refractivity contribution is 0.0983. The maximum Gasteiger partial charge on any atom is 0.330 e. The number of carbonyl (C=O) groups excluding carboxylic acids is 1. The Kier molecular flexibility index (Phi) is 6.69. The molecule has 0 fully saturated rings. The summed E-state index contributed by atoms with van der Waals surface area (Å²) in [5.74, 6) is -0.263. The number of carbonyl (C=O) groups is 1. The molecule has 0 spiro atoms. The Bertz CT molecular complexity index is 1150. The van der Waals surface area contributed by atoms with E-state index in [0.29, 0.717) is 18.7 Å². The zero-order valence-electron chi connectivity index (χ0n) is 16.2. The fourth-order valence-corrected chi connectivity index (χ4v) is 3.55. The highest BCUT2D eigenvalue weighted by molar-refractivity contribution is 6.35. The largest absolute Gasteiger partial charge is 0.467 e. The summed E-state index contributed by atoms with van der Waals surface area (Å²) in [7, 11) is 0. The third kappa shape index (κ3) is 4.60. The average molecular weight is 451 g/mol. The Labute approximate surface area is 181 Å². The molecule has 1 amide bonds. The van der Waals surface area contributed by atoms with Crippen molar-refractivity contribution in [3.05, 3.63) is 78.8 Å². The molecule has 10 heteroatoms. The molecule has 0 aliphatic heterocycles. The van der Waals surface area contributed by atoms with Crippen molar-refractivity contribution in [2.45, 2.75) is 32.9 Å². The van der Waals surface area contributed by atoms with Gasteiger partial charge in [0, 0.05) is 22.2 Å². The maximum absolute atomic E-state index is 13.4. The van der Waals surface area contributed by atoms with Gasteiger partial charge in [-0.3, -0.25) is 24.0 Å². The number of hydrogen-bond acceptors (Lipinski definition) is 5. The SMILES string of the molecule is CCCCn1c(N)c(N(Cc2ccco2)C(=O)c2cc(Cl)cc(Cl)c2)c(=O)[nH]c1=O. The number of hydrogen-bond donors (Lipinski definition) is 2. The predicted octanol–water partition coefficient (Wildman–Crippen LogP) is 3.67. The van der Waals surface area contributed by atoms with Crippen molar-refractivity contribution in [2.24, 2.45) is 0 Å². The molecule has 0 atom stereocenters. The Morgan fingerprint density at radius 1 is 1.23 bits per heavy atom. The highest BCUT2D eigenvalue weighted by atomic mass is 35.5. The zero-order valence-corrected chi connectivity index (χ0v) is 17.7. The van der Waals surface area contributed by atoms with Gasteiger partial charge in [0.15, 0.2) is 5.69 Å². The van der Waals surface area contributed by atoms with Crippen LogP contribution in [0.5, 0.6) is 0 Å². The number of aromatic amines is 1. The van der Waals surface area contributed by atoms with Crippen LogP contribution >= 0.6 is 23.2 Å². The van der Waals surface area contributed by atoms with Gasteiger partial charge in [-0.1, -0.05) is 36.5 Å². The summed E-state index contributed by atoms with van der Waals surface area (Å²) in [5, 5.41) is 0.525. The number of H-pyrrole nitrogens is 1. The molecule has 3 rings (SSSR count). The molecule has 2 aromatic heterocycles. The molecule has 0 aliphatic rings. The van der Waals surface area contributed by atoms with Crippen molar-refractivity contribution < 1.29 is 9.21 Å². The van der Waals surface area contributed by atoms with Crippen LogP contribution < -0.4 is 21.9 Å². The summed E-state index contributed by atoms with van der Waals surface area (Å²) < 4.78 is 6.59. The minimum Gasteiger partial charge on any atom is -0.467 e. The van der Waals surface area contributed by atoms with Crippen molar-refractivity contribution in [3.8, 4) is 0 Å². The second kappa shape index (κ2) is 9.23. The number of amides is 1. The number of nitrogens with one attached hydrogen (secondary N) is 1. The number of aromatic nitrogens is 2. The van der Waals surface area contributed by atoms with E-state index in [1.165, 1.54) is 29.0 Å². The summed E-state index contributed by atoms with van der Waals surface area (Å²) in [5.41, 5.74) is 4.79. The highest BCUT2D eigenvalue weighted by Crippen LogP contribution is 2.25. The Morgan fingerprint density at radius 3 is 2.53 bits per heavy atom. The van der Waals surface area contributed by atoms with Gasteiger partial charge in [0.1, 0.15) is 11.6 Å². The van der Waals surface area contributed by atoms with Gasteiger partial charge in [-0.15, -0.1) is 0 Å². The first-order chi connectivity index (χ1) is 14.3. The first kappa shape index (κ1) is 21.7. The van der Waals surface area contributed by atoms with E-state index in [0.717, 1.165) is 11.3 Å². The smallest absolute Gasteiger partial charge is 0.330 e. The third-order valence-electron chi connectivity index (χ3n) is 4.47. The molecule has 3 N–H and O–H groups in total. The lowest BCUT2D eigenvalue weighted by atomic mass is 10.1. The number of nitrogens with zero attached hydrogens (tertiary/aromatic N) is 2. The van der Waals surface area contributed by atoms with Gasteiger partial charge in [0.2, 0.25) is 0 Å². The van der Waals surface area contributed by atoms with Crippen LogP contribution in [0.3, 0.4) is 0 Å². The molecular weight excluding hydrogens is 431 g/mol. The molecule has 2 heterocycles. The van der Waals surface area contributed by atoms with Gasteiger partial charge in [-0.2, -0.15) is 0 Å². The third-order valence-corrected chi connectivity index (χ3v) is 4.90. The molecule has 8 nitrogen and oxygen atoms in total. The van der Waals surface area contributed by atoms with Crippen LogP contribution in [0, 0.1) is 0 Å². The van der Waals surface area contributed by atoms with Crippen LogP contribution in [-0.2, 0) is 13.1 Å². The fourth-order valence-electron chi connectivity index (χ4n) is 3.02. The molecule has 0 bridgehead atoms. The van der Waals surface area contributed by atoms with Gasteiger partial charge in [0.25, 0.3) is 11.5 Å². The van der Waals surface area contributed by atoms with Gasteiger partial charge in [0.05, 0.1) is 12.8 Å². The standard InChI is InChI=1S/C20H20Cl2N4O4/c1-2-3-6-25-17(23)16(18(27)24-20(25)29)26(11-15-5-4-7-30-15)19(28)12-8-13(21)10-14(22)9-12/h4-5,7-10H,2-3,6,11,23H2,1H3,(H,24,27,29). The molecule has 3 aromatic rings. The number of nitrogen functional groups attached to an aromatic ring is 1. The fraction of sp³-hybridized carbons (Fsp3) is 0.250. The highest BCUT2D eigenvalue weighted by Gasteiger charge is 2.26. The monoisotopic (exact) mass is 450 g/mol. The number of furan rings is 1. The lowest BCUT2D eigenvalue weighted by Crippen LogP contribution is -2.41. The van der Waals surface area contributed by atoms with Gasteiger partial charge < -0.3 is 10.2 Å². The molecule has 0 saturated carbocycles. The second-order valence-electron chi connectivity index (χ2n) is 6.63. The van der Waals surface area contributed by atoms with E-state index in [2.05, 4.69) is 4.98 Å². The van der Waals surface area contributed by atoms with E-state index in [-0.39, 0.29) is 33.7 Å². The number of rotatable bonds is 7. The molecule has 1 aromatic carbocycles. The Hall–Kier alpha value is -2.97. The van der Waals surface area contributed by atoms with Crippen LogP contribution in [-0.4, -0.2) is 15.5 Å². The van der Waals surface area contributed by atoms with Crippen LogP contribution in [0.15, 0.2) is 50.6 Å². The quantitative estimate of drug-likeness (QED) is 0.569. The number of unbranched alkanes of at least 4 members (excludes halogenated alkanes) is 1. The molecule has 30 heavy (non-hydrogen) atoms. The van der Waals surface area contributed by atoms with Gasteiger partial charge in [-0.25, -0.2) is 4.79 Å². The average Bonchev–Trinajstić information content (AvgIpc) is 3.18. The van der Waals surface area contributed by atoms with Crippen molar-refractivity contribution in [3.63, 3.8) is 0 Å². The number of nitrogens with two attached hydrogens (primary N) is 1. The van der Waals surface area contributed by atoms with Crippen LogP contribution in [0.4, 0.5) is 11.5 Å². The van der Waals surface area contributed by atoms with Crippen LogP contribution in [0.2, 0.25) is 10.0 Å². The van der Waals surface area contributed by atoms with E-state index >= 15 is 0 Å². The lowest BCUT2D eigenvalue weighted by Gasteiger charge is -2.24. The minimum atomic E-state index is -0.779. The molecular formula is C20H20Cl2N4O4. The van der Waals surface area contributed by atoms with E-state index in [9.17, 15) is 14.4 Å². The molecule has 0 radical (unpaired) electrons. The topological polar surface area (TPSA) is 114 Å². The van der Waals surface area contributed by atoms with Gasteiger partial charge in [-0.05, 0) is 36.8 Å². The van der Waals surface area contributed by atoms with E-state index in [1.54, 1.807) is 12.1 Å². The van der Waals surface area contributed by atoms with Crippen molar-refractivity contribution >= 4 is 40.6 Å². The van der Waals surface area contributed by atoms with Crippen molar-refractivity contribution in [2.75, 3.05) is 10.6 Å². The molecule has 0 aliphatic carbocycles. The van der Waals surface area contributed by atoms with Crippen molar-refractivity contribution in [1.82, 2.24) is 9.55 Å². The summed E-state index contributed by atoms with van der Waals surface area (Å²) in [6.45, 7) is 2.18. The molecule has 0 saturated heterocycles. The minimum absolute atomic E-state index is 0.0881. The Balaban J connectivity index is 2.17. The van der Waals surface area contributed by atoms with Crippen LogP contribution in [0.25, 0.3) is 0 Å². The normalized spacial score (nSPS) is 10.9. The van der Waals surface area contributed by atoms with E-state index in [1.807, 2.05) is 6.92 Å². The zero-order chi connectivity index (χ0) is 21.8. The molecule has 158 valence electrons.